The molecule has 2 saturated carbocycles. The Morgan fingerprint density at radius 1 is 1.23 bits per heavy atom. The van der Waals surface area contributed by atoms with Crippen molar-refractivity contribution in [2.24, 2.45) is 35.0 Å². The highest BCUT2D eigenvalue weighted by atomic mass is 32.2. The molecule has 0 aromatic rings. The van der Waals surface area contributed by atoms with E-state index in [4.69, 9.17) is 0 Å². The number of carboxylic acid groups (broad SMARTS) is 1. The summed E-state index contributed by atoms with van der Waals surface area (Å²) in [6.07, 6.45) is 12.0. The second kappa shape index (κ2) is 6.07. The molecule has 5 aliphatic rings. The van der Waals surface area contributed by atoms with Gasteiger partial charge in [-0.1, -0.05) is 31.6 Å². The van der Waals surface area contributed by atoms with Crippen LogP contribution in [-0.4, -0.2) is 26.7 Å². The number of fused-ring (bicyclic) bond motifs is 5. The summed E-state index contributed by atoms with van der Waals surface area (Å²) in [6.45, 7) is 4.70. The van der Waals surface area contributed by atoms with Crippen LogP contribution >= 0.6 is 23.5 Å². The number of thioether (sulfide) groups is 2. The quantitative estimate of drug-likeness (QED) is 0.591. The molecule has 1 aliphatic heterocycles. The zero-order chi connectivity index (χ0) is 18.1. The van der Waals surface area contributed by atoms with Crippen LogP contribution in [0.3, 0.4) is 0 Å². The minimum atomic E-state index is -0.674. The fourth-order valence-corrected chi connectivity index (χ4v) is 10.5. The maximum atomic E-state index is 11.8. The molecule has 6 atom stereocenters. The van der Waals surface area contributed by atoms with Crippen molar-refractivity contribution in [3.05, 3.63) is 23.3 Å². The monoisotopic (exact) mass is 390 g/mol. The van der Waals surface area contributed by atoms with E-state index >= 15 is 0 Å². The highest BCUT2D eigenvalue weighted by Crippen LogP contribution is 2.65. The Labute approximate surface area is 165 Å². The molecule has 0 aromatic heterocycles. The summed E-state index contributed by atoms with van der Waals surface area (Å²) in [4.78, 5) is 11.8. The van der Waals surface area contributed by atoms with Gasteiger partial charge < -0.3 is 5.11 Å². The van der Waals surface area contributed by atoms with Crippen molar-refractivity contribution in [1.29, 1.82) is 0 Å². The van der Waals surface area contributed by atoms with Gasteiger partial charge in [-0.3, -0.25) is 0 Å². The van der Waals surface area contributed by atoms with E-state index in [2.05, 4.69) is 49.5 Å². The van der Waals surface area contributed by atoms with Crippen molar-refractivity contribution >= 4 is 29.5 Å². The topological polar surface area (TPSA) is 37.3 Å². The molecule has 5 rings (SSSR count). The van der Waals surface area contributed by atoms with Gasteiger partial charge in [0, 0.05) is 22.5 Å². The van der Waals surface area contributed by atoms with E-state index in [0.29, 0.717) is 21.8 Å². The third-order valence-corrected chi connectivity index (χ3v) is 11.8. The Morgan fingerprint density at radius 3 is 2.73 bits per heavy atom. The molecule has 1 heterocycles. The lowest BCUT2D eigenvalue weighted by Crippen LogP contribution is -2.49. The zero-order valence-electron chi connectivity index (χ0n) is 15.9. The van der Waals surface area contributed by atoms with E-state index in [1.54, 1.807) is 5.57 Å². The standard InChI is InChI=1S/C22H30O2S2/c1-13-11-14-12-22(25-9-10-26-22)8-6-15(14)16-5-7-21(2)17(19(13)16)3-4-18(21)20(23)24/h4,12-13,15-17,19H,3,5-11H2,1-2H3,(H,23,24)/t13-,15+,16-,17-,19-,21+/m1/s1. The average molecular weight is 391 g/mol. The maximum Gasteiger partial charge on any atom is 0.331 e. The minimum Gasteiger partial charge on any atom is -0.478 e. The molecule has 0 aromatic carbocycles. The molecule has 0 unspecified atom stereocenters. The van der Waals surface area contributed by atoms with Crippen molar-refractivity contribution in [2.75, 3.05) is 11.5 Å². The molecular weight excluding hydrogens is 360 g/mol. The highest BCUT2D eigenvalue weighted by Gasteiger charge is 2.57. The SMILES string of the molecule is C[C@@H]1CC2=CC3(CC[C@@H]2[C@H]2CC[C@]4(C)C(C(=O)O)=CC[C@@H]4[C@@H]21)SCCS3. The molecule has 2 nitrogen and oxygen atoms in total. The van der Waals surface area contributed by atoms with Crippen LogP contribution in [-0.2, 0) is 4.79 Å². The van der Waals surface area contributed by atoms with Gasteiger partial charge in [0.05, 0.1) is 4.08 Å². The van der Waals surface area contributed by atoms with Crippen LogP contribution < -0.4 is 0 Å². The van der Waals surface area contributed by atoms with Crippen LogP contribution in [0.5, 0.6) is 0 Å². The van der Waals surface area contributed by atoms with E-state index in [1.165, 1.54) is 37.2 Å². The summed E-state index contributed by atoms with van der Waals surface area (Å²) < 4.78 is 0.396. The second-order valence-electron chi connectivity index (χ2n) is 9.52. The van der Waals surface area contributed by atoms with Crippen LogP contribution in [0.15, 0.2) is 23.3 Å². The number of allylic oxidation sites excluding steroid dienone is 2. The van der Waals surface area contributed by atoms with E-state index < -0.39 is 5.97 Å². The van der Waals surface area contributed by atoms with Crippen molar-refractivity contribution in [3.8, 4) is 0 Å². The predicted molar refractivity (Wildman–Crippen MR) is 110 cm³/mol. The lowest BCUT2D eigenvalue weighted by molar-refractivity contribution is -0.135. The van der Waals surface area contributed by atoms with Gasteiger partial charge in [-0.2, -0.15) is 0 Å². The van der Waals surface area contributed by atoms with E-state index in [9.17, 15) is 9.90 Å². The van der Waals surface area contributed by atoms with Crippen LogP contribution in [0.1, 0.15) is 52.4 Å². The largest absolute Gasteiger partial charge is 0.478 e. The van der Waals surface area contributed by atoms with Crippen molar-refractivity contribution in [1.82, 2.24) is 0 Å². The van der Waals surface area contributed by atoms with Gasteiger partial charge in [-0.15, -0.1) is 23.5 Å². The number of carbonyl (C=O) groups is 1. The lowest BCUT2D eigenvalue weighted by atomic mass is 9.49. The summed E-state index contributed by atoms with van der Waals surface area (Å²) in [5.41, 5.74) is 2.39. The molecule has 4 aliphatic carbocycles. The molecule has 1 N–H and O–H groups in total. The first-order valence-electron chi connectivity index (χ1n) is 10.4. The van der Waals surface area contributed by atoms with Gasteiger partial charge in [0.2, 0.25) is 0 Å². The molecule has 0 radical (unpaired) electrons. The Hall–Kier alpha value is -0.350. The number of rotatable bonds is 1. The molecule has 26 heavy (non-hydrogen) atoms. The summed E-state index contributed by atoms with van der Waals surface area (Å²) in [5, 5.41) is 9.70. The fourth-order valence-electron chi connectivity index (χ4n) is 7.33. The van der Waals surface area contributed by atoms with Crippen molar-refractivity contribution in [3.63, 3.8) is 0 Å². The van der Waals surface area contributed by atoms with Crippen molar-refractivity contribution < 1.29 is 9.90 Å². The molecule has 1 spiro atoms. The van der Waals surface area contributed by atoms with Gasteiger partial charge in [0.15, 0.2) is 0 Å². The Morgan fingerprint density at radius 2 is 2.00 bits per heavy atom. The summed E-state index contributed by atoms with van der Waals surface area (Å²) in [5.74, 6) is 5.47. The summed E-state index contributed by atoms with van der Waals surface area (Å²) >= 11 is 4.37. The normalized spacial score (nSPS) is 46.2. The van der Waals surface area contributed by atoms with Crippen LogP contribution in [0.4, 0.5) is 0 Å². The van der Waals surface area contributed by atoms with Gasteiger partial charge >= 0.3 is 5.97 Å². The number of hydrogen-bond donors (Lipinski definition) is 1. The molecule has 142 valence electrons. The Bertz CT molecular complexity index is 690. The van der Waals surface area contributed by atoms with E-state index in [-0.39, 0.29) is 5.41 Å². The third kappa shape index (κ3) is 2.43. The third-order valence-electron chi connectivity index (χ3n) is 8.39. The molecule has 4 heteroatoms. The highest BCUT2D eigenvalue weighted by molar-refractivity contribution is 8.21. The first kappa shape index (κ1) is 17.7. The number of hydrogen-bond acceptors (Lipinski definition) is 3. The van der Waals surface area contributed by atoms with Gasteiger partial charge in [-0.25, -0.2) is 4.79 Å². The maximum absolute atomic E-state index is 11.8. The van der Waals surface area contributed by atoms with E-state index in [1.807, 2.05) is 0 Å². The van der Waals surface area contributed by atoms with Crippen LogP contribution in [0.25, 0.3) is 0 Å². The van der Waals surface area contributed by atoms with Gasteiger partial charge in [0.1, 0.15) is 0 Å². The minimum absolute atomic E-state index is 0.0878. The summed E-state index contributed by atoms with van der Waals surface area (Å²) in [6, 6.07) is 0. The molecule has 1 saturated heterocycles. The molecule has 3 fully saturated rings. The number of aliphatic carboxylic acids is 1. The predicted octanol–water partition coefficient (Wildman–Crippen LogP) is 5.60. The number of carboxylic acids is 1. The van der Waals surface area contributed by atoms with Crippen molar-refractivity contribution in [2.45, 2.75) is 56.5 Å². The van der Waals surface area contributed by atoms with Crippen LogP contribution in [0, 0.1) is 35.0 Å². The Kier molecular flexibility index (Phi) is 4.14. The fraction of sp³-hybridized carbons (Fsp3) is 0.773. The zero-order valence-corrected chi connectivity index (χ0v) is 17.5. The average Bonchev–Trinajstić information content (AvgIpc) is 3.18. The lowest BCUT2D eigenvalue weighted by Gasteiger charge is -2.56. The Balaban J connectivity index is 1.45. The molecule has 0 amide bonds. The van der Waals surface area contributed by atoms with Crippen LogP contribution in [0.2, 0.25) is 0 Å². The first-order valence-corrected chi connectivity index (χ1v) is 12.3. The molecular formula is C22H30O2S2. The molecule has 0 bridgehead atoms. The first-order chi connectivity index (χ1) is 12.4. The van der Waals surface area contributed by atoms with Gasteiger partial charge in [-0.05, 0) is 68.1 Å². The summed E-state index contributed by atoms with van der Waals surface area (Å²) in [7, 11) is 0. The second-order valence-corrected chi connectivity index (χ2v) is 12.6. The van der Waals surface area contributed by atoms with Gasteiger partial charge in [0.25, 0.3) is 0 Å². The smallest absolute Gasteiger partial charge is 0.331 e. The van der Waals surface area contributed by atoms with E-state index in [0.717, 1.165) is 30.3 Å².